The largest absolute Gasteiger partial charge is 0.328 e. The molecule has 1 aromatic rings. The Morgan fingerprint density at radius 2 is 2.10 bits per heavy atom. The summed E-state index contributed by atoms with van der Waals surface area (Å²) in [4.78, 5) is 7.31. The second-order valence-corrected chi connectivity index (χ2v) is 7.82. The number of hydrogen-bond donors (Lipinski definition) is 1. The van der Waals surface area contributed by atoms with Crippen LogP contribution < -0.4 is 5.73 Å². The normalized spacial score (nSPS) is 21.3. The van der Waals surface area contributed by atoms with Crippen LogP contribution in [0.2, 0.25) is 0 Å². The highest BCUT2D eigenvalue weighted by molar-refractivity contribution is 7.09. The van der Waals surface area contributed by atoms with Crippen molar-refractivity contribution in [2.45, 2.75) is 58.5 Å². The molecular weight excluding hydrogens is 325 g/mol. The molecule has 0 bridgehead atoms. The molecule has 1 aromatic heterocycles. The van der Waals surface area contributed by atoms with Gasteiger partial charge in [0.15, 0.2) is 0 Å². The fourth-order valence-electron chi connectivity index (χ4n) is 2.58. The van der Waals surface area contributed by atoms with Crippen LogP contribution in [0.4, 0.5) is 0 Å². The molecule has 1 aliphatic heterocycles. The highest BCUT2D eigenvalue weighted by Gasteiger charge is 2.24. The third kappa shape index (κ3) is 6.03. The quantitative estimate of drug-likeness (QED) is 0.897. The summed E-state index contributed by atoms with van der Waals surface area (Å²) < 4.78 is 0. The van der Waals surface area contributed by atoms with Crippen LogP contribution in [-0.4, -0.2) is 29.0 Å². The van der Waals surface area contributed by atoms with Gasteiger partial charge in [-0.2, -0.15) is 0 Å². The van der Waals surface area contributed by atoms with Crippen LogP contribution in [0.3, 0.4) is 0 Å². The van der Waals surface area contributed by atoms with Crippen LogP contribution in [-0.2, 0) is 12.0 Å². The van der Waals surface area contributed by atoms with E-state index in [0.29, 0.717) is 12.0 Å². The van der Waals surface area contributed by atoms with E-state index in [2.05, 4.69) is 38.0 Å². The van der Waals surface area contributed by atoms with Gasteiger partial charge in [0, 0.05) is 23.4 Å². The second-order valence-electron chi connectivity index (χ2n) is 6.87. The summed E-state index contributed by atoms with van der Waals surface area (Å²) in [5.41, 5.74) is 7.42. The highest BCUT2D eigenvalue weighted by atomic mass is 35.5. The van der Waals surface area contributed by atoms with Gasteiger partial charge >= 0.3 is 0 Å². The summed E-state index contributed by atoms with van der Waals surface area (Å²) >= 11 is 1.80. The average Bonchev–Trinajstić information content (AvgIpc) is 2.77. The summed E-state index contributed by atoms with van der Waals surface area (Å²) in [6.45, 7) is 12.1. The number of aromatic nitrogens is 1. The zero-order chi connectivity index (χ0) is 14.0. The maximum atomic E-state index is 6.04. The summed E-state index contributed by atoms with van der Waals surface area (Å²) in [7, 11) is 0. The van der Waals surface area contributed by atoms with E-state index in [-0.39, 0.29) is 30.2 Å². The predicted molar refractivity (Wildman–Crippen MR) is 97.0 cm³/mol. The molecule has 6 heteroatoms. The number of hydrogen-bond acceptors (Lipinski definition) is 4. The van der Waals surface area contributed by atoms with Crippen molar-refractivity contribution in [2.75, 3.05) is 13.1 Å². The molecule has 0 spiro atoms. The second kappa shape index (κ2) is 8.68. The van der Waals surface area contributed by atoms with E-state index in [0.717, 1.165) is 13.1 Å². The van der Waals surface area contributed by atoms with Gasteiger partial charge in [-0.15, -0.1) is 36.2 Å². The highest BCUT2D eigenvalue weighted by Crippen LogP contribution is 2.26. The molecule has 0 saturated carbocycles. The standard InChI is InChI=1S/C15H27N3S.2ClH/c1-11(16)12-6-5-7-18(8-12)9-14-17-13(10-19-14)15(2,3)4;;/h10-12H,5-9,16H2,1-4H3;2*1H. The first kappa shape index (κ1) is 21.1. The van der Waals surface area contributed by atoms with E-state index < -0.39 is 0 Å². The lowest BCUT2D eigenvalue weighted by Gasteiger charge is -2.34. The average molecular weight is 354 g/mol. The lowest BCUT2D eigenvalue weighted by Crippen LogP contribution is -2.41. The number of nitrogens with two attached hydrogens (primary N) is 1. The molecule has 2 N–H and O–H groups in total. The van der Waals surface area contributed by atoms with Crippen LogP contribution in [0.25, 0.3) is 0 Å². The van der Waals surface area contributed by atoms with Crippen molar-refractivity contribution in [3.63, 3.8) is 0 Å². The molecule has 2 rings (SSSR count). The first-order valence-corrected chi connectivity index (χ1v) is 8.17. The number of nitrogens with zero attached hydrogens (tertiary/aromatic N) is 2. The SMILES string of the molecule is CC(N)C1CCCN(Cc2nc(C(C)(C)C)cs2)C1.Cl.Cl. The lowest BCUT2D eigenvalue weighted by molar-refractivity contribution is 0.154. The van der Waals surface area contributed by atoms with Gasteiger partial charge in [-0.25, -0.2) is 4.98 Å². The lowest BCUT2D eigenvalue weighted by atomic mass is 9.92. The molecule has 1 saturated heterocycles. The van der Waals surface area contributed by atoms with Crippen molar-refractivity contribution in [1.29, 1.82) is 0 Å². The van der Waals surface area contributed by atoms with Crippen LogP contribution in [0.15, 0.2) is 5.38 Å². The Morgan fingerprint density at radius 3 is 2.62 bits per heavy atom. The Hall–Kier alpha value is 0.130. The number of halogens is 2. The maximum Gasteiger partial charge on any atom is 0.107 e. The van der Waals surface area contributed by atoms with Gasteiger partial charge in [-0.3, -0.25) is 4.90 Å². The summed E-state index contributed by atoms with van der Waals surface area (Å²) in [6, 6.07) is 0.309. The molecule has 2 atom stereocenters. The van der Waals surface area contributed by atoms with Crippen molar-refractivity contribution < 1.29 is 0 Å². The monoisotopic (exact) mass is 353 g/mol. The minimum atomic E-state index is 0. The molecule has 3 nitrogen and oxygen atoms in total. The summed E-state index contributed by atoms with van der Waals surface area (Å²) in [6.07, 6.45) is 2.54. The van der Waals surface area contributed by atoms with Gasteiger partial charge in [-0.05, 0) is 32.2 Å². The molecule has 1 aliphatic rings. The zero-order valence-corrected chi connectivity index (χ0v) is 15.9. The van der Waals surface area contributed by atoms with Gasteiger partial charge in [0.25, 0.3) is 0 Å². The van der Waals surface area contributed by atoms with Gasteiger partial charge in [-0.1, -0.05) is 20.8 Å². The fraction of sp³-hybridized carbons (Fsp3) is 0.800. The van der Waals surface area contributed by atoms with Crippen LogP contribution in [0, 0.1) is 5.92 Å². The fourth-order valence-corrected chi connectivity index (χ4v) is 3.65. The van der Waals surface area contributed by atoms with Crippen molar-refractivity contribution in [3.05, 3.63) is 16.1 Å². The number of piperidine rings is 1. The molecule has 0 aliphatic carbocycles. The molecule has 0 amide bonds. The van der Waals surface area contributed by atoms with Gasteiger partial charge in [0.05, 0.1) is 12.2 Å². The van der Waals surface area contributed by atoms with Gasteiger partial charge in [0.2, 0.25) is 0 Å². The smallest absolute Gasteiger partial charge is 0.107 e. The van der Waals surface area contributed by atoms with Gasteiger partial charge < -0.3 is 5.73 Å². The number of thiazole rings is 1. The van der Waals surface area contributed by atoms with E-state index >= 15 is 0 Å². The Morgan fingerprint density at radius 1 is 1.43 bits per heavy atom. The molecule has 0 aromatic carbocycles. The molecule has 1 fully saturated rings. The minimum absolute atomic E-state index is 0. The van der Waals surface area contributed by atoms with Crippen molar-refractivity contribution >= 4 is 36.2 Å². The van der Waals surface area contributed by atoms with Crippen LogP contribution in [0.5, 0.6) is 0 Å². The van der Waals surface area contributed by atoms with Crippen LogP contribution >= 0.6 is 36.2 Å². The van der Waals surface area contributed by atoms with E-state index in [1.807, 2.05) is 0 Å². The number of rotatable bonds is 3. The van der Waals surface area contributed by atoms with Crippen LogP contribution in [0.1, 0.15) is 51.2 Å². The Labute approximate surface area is 145 Å². The first-order valence-electron chi connectivity index (χ1n) is 7.29. The Bertz CT molecular complexity index is 415. The third-order valence-corrected chi connectivity index (χ3v) is 4.80. The number of likely N-dealkylation sites (tertiary alicyclic amines) is 1. The topological polar surface area (TPSA) is 42.1 Å². The van der Waals surface area contributed by atoms with E-state index in [1.165, 1.54) is 30.1 Å². The Kier molecular flexibility index (Phi) is 8.74. The molecule has 2 unspecified atom stereocenters. The molecule has 2 heterocycles. The van der Waals surface area contributed by atoms with E-state index in [4.69, 9.17) is 10.7 Å². The zero-order valence-electron chi connectivity index (χ0n) is 13.5. The first-order chi connectivity index (χ1) is 8.86. The Balaban J connectivity index is 0.00000200. The van der Waals surface area contributed by atoms with Crippen molar-refractivity contribution in [2.24, 2.45) is 11.7 Å². The molecule has 21 heavy (non-hydrogen) atoms. The maximum absolute atomic E-state index is 6.04. The third-order valence-electron chi connectivity index (χ3n) is 3.96. The van der Waals surface area contributed by atoms with Crippen molar-refractivity contribution in [3.8, 4) is 0 Å². The molecule has 124 valence electrons. The van der Waals surface area contributed by atoms with Crippen molar-refractivity contribution in [1.82, 2.24) is 9.88 Å². The van der Waals surface area contributed by atoms with Gasteiger partial charge in [0.1, 0.15) is 5.01 Å². The summed E-state index contributed by atoms with van der Waals surface area (Å²) in [5, 5.41) is 3.46. The molecule has 0 radical (unpaired) electrons. The molecular formula is C15H29Cl2N3S. The van der Waals surface area contributed by atoms with E-state index in [9.17, 15) is 0 Å². The minimum Gasteiger partial charge on any atom is -0.328 e. The summed E-state index contributed by atoms with van der Waals surface area (Å²) in [5.74, 6) is 0.649. The van der Waals surface area contributed by atoms with E-state index in [1.54, 1.807) is 11.3 Å². The predicted octanol–water partition coefficient (Wildman–Crippen LogP) is 3.84.